The zero-order chi connectivity index (χ0) is 11.1. The van der Waals surface area contributed by atoms with Crippen molar-refractivity contribution in [1.29, 1.82) is 0 Å². The second-order valence-corrected chi connectivity index (χ2v) is 3.17. The lowest BCUT2D eigenvalue weighted by Gasteiger charge is -2.02. The van der Waals surface area contributed by atoms with Crippen LogP contribution in [-0.4, -0.2) is 18.6 Å². The molecular formula is C12H15NO2. The fourth-order valence-corrected chi connectivity index (χ4v) is 1.30. The van der Waals surface area contributed by atoms with Gasteiger partial charge in [-0.3, -0.25) is 4.79 Å². The first-order chi connectivity index (χ1) is 7.29. The Bertz CT molecular complexity index is 344. The number of nitrogens with zero attached hydrogens (tertiary/aromatic N) is 1. The average Bonchev–Trinajstić information content (AvgIpc) is 2.29. The van der Waals surface area contributed by atoms with E-state index in [1.807, 2.05) is 25.1 Å². The number of Topliss-reactive ketones (excluding diaryl/α,β-unsaturated/α-hetero) is 1. The Morgan fingerprint density at radius 1 is 1.33 bits per heavy atom. The maximum Gasteiger partial charge on any atom is 0.210 e. The quantitative estimate of drug-likeness (QED) is 0.421. The van der Waals surface area contributed by atoms with Crippen LogP contribution in [0.5, 0.6) is 0 Å². The fraction of sp³-hybridized carbons (Fsp3) is 0.333. The molecule has 0 saturated heterocycles. The van der Waals surface area contributed by atoms with Crippen LogP contribution in [0.3, 0.4) is 0 Å². The van der Waals surface area contributed by atoms with Gasteiger partial charge in [-0.25, -0.2) is 0 Å². The molecule has 3 heteroatoms. The van der Waals surface area contributed by atoms with Gasteiger partial charge in [-0.2, -0.15) is 0 Å². The second-order valence-electron chi connectivity index (χ2n) is 3.17. The molecule has 0 aromatic heterocycles. The molecule has 0 saturated carbocycles. The van der Waals surface area contributed by atoms with Gasteiger partial charge in [-0.1, -0.05) is 48.8 Å². The third-order valence-electron chi connectivity index (χ3n) is 1.99. The zero-order valence-electron chi connectivity index (χ0n) is 9.06. The van der Waals surface area contributed by atoms with Crippen molar-refractivity contribution < 1.29 is 9.63 Å². The lowest BCUT2D eigenvalue weighted by atomic mass is 10.0. The number of carbonyl (C=O) groups is 1. The number of oxime groups is 1. The van der Waals surface area contributed by atoms with Gasteiger partial charge in [0.15, 0.2) is 0 Å². The first-order valence-corrected chi connectivity index (χ1v) is 4.99. The Balaban J connectivity index is 2.86. The van der Waals surface area contributed by atoms with E-state index in [1.54, 1.807) is 12.1 Å². The highest BCUT2D eigenvalue weighted by Gasteiger charge is 2.13. The molecule has 1 aromatic rings. The molecule has 0 aliphatic rings. The maximum atomic E-state index is 11.9. The average molecular weight is 205 g/mol. The van der Waals surface area contributed by atoms with Crippen LogP contribution in [0.1, 0.15) is 30.1 Å². The summed E-state index contributed by atoms with van der Waals surface area (Å²) in [5, 5.41) is 3.76. The predicted molar refractivity (Wildman–Crippen MR) is 60.1 cm³/mol. The number of hydrogen-bond acceptors (Lipinski definition) is 3. The van der Waals surface area contributed by atoms with Crippen molar-refractivity contribution in [1.82, 2.24) is 0 Å². The van der Waals surface area contributed by atoms with E-state index in [2.05, 4.69) is 9.99 Å². The van der Waals surface area contributed by atoms with E-state index in [4.69, 9.17) is 0 Å². The molecule has 0 radical (unpaired) electrons. The summed E-state index contributed by atoms with van der Waals surface area (Å²) in [6, 6.07) is 9.11. The minimum atomic E-state index is -0.0562. The second kappa shape index (κ2) is 5.96. The van der Waals surface area contributed by atoms with Crippen molar-refractivity contribution in [3.8, 4) is 0 Å². The lowest BCUT2D eigenvalue weighted by Crippen LogP contribution is -2.14. The normalized spacial score (nSPS) is 11.2. The van der Waals surface area contributed by atoms with Crippen molar-refractivity contribution in [3.05, 3.63) is 35.9 Å². The Hall–Kier alpha value is -1.64. The van der Waals surface area contributed by atoms with E-state index in [1.165, 1.54) is 7.11 Å². The molecule has 0 aliphatic heterocycles. The van der Waals surface area contributed by atoms with Crippen LogP contribution >= 0.6 is 0 Å². The van der Waals surface area contributed by atoms with Crippen LogP contribution in [0, 0.1) is 0 Å². The van der Waals surface area contributed by atoms with E-state index >= 15 is 0 Å². The van der Waals surface area contributed by atoms with E-state index in [9.17, 15) is 4.79 Å². The number of hydrogen-bond donors (Lipinski definition) is 0. The highest BCUT2D eigenvalue weighted by Crippen LogP contribution is 2.05. The number of benzene rings is 1. The largest absolute Gasteiger partial charge is 0.399 e. The molecule has 0 spiro atoms. The van der Waals surface area contributed by atoms with Crippen LogP contribution in [0.25, 0.3) is 0 Å². The molecular weight excluding hydrogens is 190 g/mol. The molecule has 0 heterocycles. The van der Waals surface area contributed by atoms with Crippen LogP contribution < -0.4 is 0 Å². The molecule has 1 aromatic carbocycles. The van der Waals surface area contributed by atoms with Gasteiger partial charge in [0.25, 0.3) is 0 Å². The van der Waals surface area contributed by atoms with Crippen molar-refractivity contribution in [2.24, 2.45) is 5.16 Å². The van der Waals surface area contributed by atoms with Gasteiger partial charge in [0.2, 0.25) is 5.78 Å². The van der Waals surface area contributed by atoms with Crippen molar-refractivity contribution in [3.63, 3.8) is 0 Å². The number of carbonyl (C=O) groups excluding carboxylic acids is 1. The van der Waals surface area contributed by atoms with Gasteiger partial charge in [-0.15, -0.1) is 0 Å². The van der Waals surface area contributed by atoms with Gasteiger partial charge >= 0.3 is 0 Å². The molecule has 0 N–H and O–H groups in total. The van der Waals surface area contributed by atoms with Gasteiger partial charge in [0.05, 0.1) is 0 Å². The maximum absolute atomic E-state index is 11.9. The summed E-state index contributed by atoms with van der Waals surface area (Å²) in [7, 11) is 1.45. The molecule has 80 valence electrons. The minimum absolute atomic E-state index is 0.0562. The molecule has 1 rings (SSSR count). The Morgan fingerprint density at radius 3 is 2.53 bits per heavy atom. The van der Waals surface area contributed by atoms with Crippen LogP contribution in [0.2, 0.25) is 0 Å². The predicted octanol–water partition coefficient (Wildman–Crippen LogP) is 2.67. The summed E-state index contributed by atoms with van der Waals surface area (Å²) in [6.45, 7) is 2.00. The molecule has 0 aliphatic carbocycles. The third kappa shape index (κ3) is 3.20. The standard InChI is InChI=1S/C12H15NO2/c1-3-7-11(13-15-2)12(14)10-8-5-4-6-9-10/h4-6,8-9H,3,7H2,1-2H3/b13-11-. The number of rotatable bonds is 5. The molecule has 0 fully saturated rings. The topological polar surface area (TPSA) is 38.7 Å². The van der Waals surface area contributed by atoms with Gasteiger partial charge in [0.1, 0.15) is 12.8 Å². The van der Waals surface area contributed by atoms with E-state index < -0.39 is 0 Å². The highest BCUT2D eigenvalue weighted by atomic mass is 16.6. The Labute approximate surface area is 89.7 Å². The van der Waals surface area contributed by atoms with E-state index in [-0.39, 0.29) is 5.78 Å². The van der Waals surface area contributed by atoms with Crippen LogP contribution in [0.4, 0.5) is 0 Å². The summed E-state index contributed by atoms with van der Waals surface area (Å²) in [5.41, 5.74) is 1.13. The number of ketones is 1. The zero-order valence-corrected chi connectivity index (χ0v) is 9.06. The van der Waals surface area contributed by atoms with Gasteiger partial charge in [0, 0.05) is 5.56 Å². The summed E-state index contributed by atoms with van der Waals surface area (Å²) >= 11 is 0. The summed E-state index contributed by atoms with van der Waals surface area (Å²) in [4.78, 5) is 16.6. The molecule has 0 unspecified atom stereocenters. The fourth-order valence-electron chi connectivity index (χ4n) is 1.30. The Kier molecular flexibility index (Phi) is 4.54. The highest BCUT2D eigenvalue weighted by molar-refractivity contribution is 6.45. The third-order valence-corrected chi connectivity index (χ3v) is 1.99. The first-order valence-electron chi connectivity index (χ1n) is 4.99. The summed E-state index contributed by atoms with van der Waals surface area (Å²) < 4.78 is 0. The van der Waals surface area contributed by atoms with Crippen molar-refractivity contribution >= 4 is 11.5 Å². The lowest BCUT2D eigenvalue weighted by molar-refractivity contribution is 0.105. The van der Waals surface area contributed by atoms with E-state index in [0.29, 0.717) is 17.7 Å². The summed E-state index contributed by atoms with van der Waals surface area (Å²) in [5.74, 6) is -0.0562. The van der Waals surface area contributed by atoms with Gasteiger partial charge < -0.3 is 4.84 Å². The van der Waals surface area contributed by atoms with Crippen molar-refractivity contribution in [2.45, 2.75) is 19.8 Å². The van der Waals surface area contributed by atoms with Gasteiger partial charge in [-0.05, 0) is 6.42 Å². The molecule has 0 amide bonds. The Morgan fingerprint density at radius 2 is 2.00 bits per heavy atom. The monoisotopic (exact) mass is 205 g/mol. The molecule has 0 bridgehead atoms. The smallest absolute Gasteiger partial charge is 0.210 e. The minimum Gasteiger partial charge on any atom is -0.399 e. The van der Waals surface area contributed by atoms with E-state index in [0.717, 1.165) is 6.42 Å². The first kappa shape index (κ1) is 11.4. The molecule has 15 heavy (non-hydrogen) atoms. The molecule has 0 atom stereocenters. The SMILES string of the molecule is CCC/C(=N/OC)C(=O)c1ccccc1. The summed E-state index contributed by atoms with van der Waals surface area (Å²) in [6.07, 6.45) is 1.52. The van der Waals surface area contributed by atoms with Crippen molar-refractivity contribution in [2.75, 3.05) is 7.11 Å². The van der Waals surface area contributed by atoms with Crippen LogP contribution in [-0.2, 0) is 4.84 Å². The van der Waals surface area contributed by atoms with Crippen LogP contribution in [0.15, 0.2) is 35.5 Å². The molecule has 3 nitrogen and oxygen atoms in total.